The average Bonchev–Trinajstić information content (AvgIpc) is 2.85. The number of carbonyl (C=O) groups is 1. The molecule has 2 N–H and O–H groups in total. The number of carbonyl (C=O) groups excluding carboxylic acids is 1. The minimum atomic E-state index is -0.614. The van der Waals surface area contributed by atoms with Crippen molar-refractivity contribution in [3.8, 4) is 0 Å². The molecule has 2 heterocycles. The second-order valence-electron chi connectivity index (χ2n) is 3.27. The summed E-state index contributed by atoms with van der Waals surface area (Å²) in [5.74, 6) is -0.0574. The van der Waals surface area contributed by atoms with E-state index in [1.807, 2.05) is 11.4 Å². The number of ketones is 1. The summed E-state index contributed by atoms with van der Waals surface area (Å²) in [6.07, 6.45) is 3.38. The molecular weight excluding hydrogens is 210 g/mol. The third-order valence-electron chi connectivity index (χ3n) is 2.13. The van der Waals surface area contributed by atoms with Crippen molar-refractivity contribution >= 4 is 17.1 Å². The molecule has 0 aliphatic heterocycles. The predicted octanol–water partition coefficient (Wildman–Crippen LogP) is 1.36. The van der Waals surface area contributed by atoms with Crippen LogP contribution in [-0.2, 0) is 7.05 Å². The first kappa shape index (κ1) is 10.1. The Morgan fingerprint density at radius 3 is 3.00 bits per heavy atom. The van der Waals surface area contributed by atoms with Crippen molar-refractivity contribution in [3.05, 3.63) is 40.3 Å². The summed E-state index contributed by atoms with van der Waals surface area (Å²) in [7, 11) is 1.80. The van der Waals surface area contributed by atoms with Crippen LogP contribution in [0.2, 0.25) is 0 Å². The molecule has 15 heavy (non-hydrogen) atoms. The van der Waals surface area contributed by atoms with Crippen LogP contribution >= 0.6 is 11.3 Å². The van der Waals surface area contributed by atoms with Gasteiger partial charge in [0.1, 0.15) is 0 Å². The lowest BCUT2D eigenvalue weighted by Gasteiger charge is -2.05. The number of thiophene rings is 1. The first-order chi connectivity index (χ1) is 7.18. The number of Topliss-reactive ketones (excluding diaryl/α,β-unsaturated/α-hetero) is 1. The lowest BCUT2D eigenvalue weighted by Crippen LogP contribution is -2.20. The second kappa shape index (κ2) is 3.96. The number of aryl methyl sites for hydroxylation is 1. The van der Waals surface area contributed by atoms with Gasteiger partial charge in [0.2, 0.25) is 0 Å². The lowest BCUT2D eigenvalue weighted by atomic mass is 10.1. The Morgan fingerprint density at radius 1 is 1.67 bits per heavy atom. The Bertz CT molecular complexity index is 461. The van der Waals surface area contributed by atoms with Crippen molar-refractivity contribution in [2.45, 2.75) is 6.04 Å². The maximum Gasteiger partial charge on any atom is 0.194 e. The summed E-state index contributed by atoms with van der Waals surface area (Å²) < 4.78 is 1.64. The minimum absolute atomic E-state index is 0.0574. The largest absolute Gasteiger partial charge is 0.317 e. The molecule has 78 valence electrons. The van der Waals surface area contributed by atoms with Crippen molar-refractivity contribution in [2.75, 3.05) is 0 Å². The molecule has 5 heteroatoms. The molecule has 0 amide bonds. The SMILES string of the molecule is Cn1cc(C(N)C(=O)c2cccs2)cn1. The van der Waals surface area contributed by atoms with Gasteiger partial charge in [-0.1, -0.05) is 6.07 Å². The maximum absolute atomic E-state index is 11.9. The quantitative estimate of drug-likeness (QED) is 0.796. The Morgan fingerprint density at radius 2 is 2.47 bits per heavy atom. The number of nitrogens with two attached hydrogens (primary N) is 1. The highest BCUT2D eigenvalue weighted by Crippen LogP contribution is 2.18. The van der Waals surface area contributed by atoms with Crippen LogP contribution in [0.5, 0.6) is 0 Å². The molecule has 2 rings (SSSR count). The fraction of sp³-hybridized carbons (Fsp3) is 0.200. The van der Waals surface area contributed by atoms with Gasteiger partial charge in [0.05, 0.1) is 17.1 Å². The molecule has 0 saturated carbocycles. The molecule has 0 aliphatic carbocycles. The highest BCUT2D eigenvalue weighted by molar-refractivity contribution is 7.12. The summed E-state index contributed by atoms with van der Waals surface area (Å²) in [4.78, 5) is 12.6. The van der Waals surface area contributed by atoms with E-state index < -0.39 is 6.04 Å². The van der Waals surface area contributed by atoms with Crippen LogP contribution in [0.3, 0.4) is 0 Å². The van der Waals surface area contributed by atoms with Crippen LogP contribution in [-0.4, -0.2) is 15.6 Å². The standard InChI is InChI=1S/C10H11N3OS/c1-13-6-7(5-12-13)9(11)10(14)8-3-2-4-15-8/h2-6,9H,11H2,1H3. The Hall–Kier alpha value is -1.46. The fourth-order valence-corrected chi connectivity index (χ4v) is 2.03. The van der Waals surface area contributed by atoms with E-state index in [2.05, 4.69) is 5.10 Å². The van der Waals surface area contributed by atoms with Crippen molar-refractivity contribution in [1.29, 1.82) is 0 Å². The molecule has 2 aromatic rings. The molecule has 0 aliphatic rings. The fourth-order valence-electron chi connectivity index (χ4n) is 1.32. The average molecular weight is 221 g/mol. The van der Waals surface area contributed by atoms with Gasteiger partial charge < -0.3 is 5.73 Å². The predicted molar refractivity (Wildman–Crippen MR) is 58.8 cm³/mol. The molecule has 0 aromatic carbocycles. The first-order valence-corrected chi connectivity index (χ1v) is 5.38. The molecule has 2 aromatic heterocycles. The molecular formula is C10H11N3OS. The molecule has 4 nitrogen and oxygen atoms in total. The maximum atomic E-state index is 11.9. The minimum Gasteiger partial charge on any atom is -0.317 e. The number of aromatic nitrogens is 2. The zero-order valence-electron chi connectivity index (χ0n) is 8.25. The van der Waals surface area contributed by atoms with Gasteiger partial charge in [-0.15, -0.1) is 11.3 Å². The zero-order valence-corrected chi connectivity index (χ0v) is 9.07. The Labute approximate surface area is 91.3 Å². The summed E-state index contributed by atoms with van der Waals surface area (Å²) in [5, 5.41) is 5.85. The van der Waals surface area contributed by atoms with Crippen LogP contribution in [0.25, 0.3) is 0 Å². The van der Waals surface area contributed by atoms with Crippen molar-refractivity contribution in [1.82, 2.24) is 9.78 Å². The van der Waals surface area contributed by atoms with Crippen LogP contribution < -0.4 is 5.73 Å². The van der Waals surface area contributed by atoms with Gasteiger partial charge in [0.15, 0.2) is 5.78 Å². The highest BCUT2D eigenvalue weighted by Gasteiger charge is 2.19. The van der Waals surface area contributed by atoms with Crippen molar-refractivity contribution < 1.29 is 4.79 Å². The van der Waals surface area contributed by atoms with Gasteiger partial charge in [-0.05, 0) is 11.4 Å². The van der Waals surface area contributed by atoms with Gasteiger partial charge in [0, 0.05) is 18.8 Å². The van der Waals surface area contributed by atoms with E-state index in [0.717, 1.165) is 5.56 Å². The van der Waals surface area contributed by atoms with E-state index in [1.54, 1.807) is 30.2 Å². The number of hydrogen-bond acceptors (Lipinski definition) is 4. The van der Waals surface area contributed by atoms with E-state index in [4.69, 9.17) is 5.73 Å². The topological polar surface area (TPSA) is 60.9 Å². The smallest absolute Gasteiger partial charge is 0.194 e. The van der Waals surface area contributed by atoms with E-state index >= 15 is 0 Å². The van der Waals surface area contributed by atoms with E-state index in [1.165, 1.54) is 11.3 Å². The van der Waals surface area contributed by atoms with Gasteiger partial charge in [-0.2, -0.15) is 5.10 Å². The molecule has 0 bridgehead atoms. The lowest BCUT2D eigenvalue weighted by molar-refractivity contribution is 0.0965. The van der Waals surface area contributed by atoms with Gasteiger partial charge in [-0.25, -0.2) is 0 Å². The van der Waals surface area contributed by atoms with E-state index in [9.17, 15) is 4.79 Å². The van der Waals surface area contributed by atoms with Crippen LogP contribution in [0, 0.1) is 0 Å². The monoisotopic (exact) mass is 221 g/mol. The van der Waals surface area contributed by atoms with Gasteiger partial charge in [0.25, 0.3) is 0 Å². The number of hydrogen-bond donors (Lipinski definition) is 1. The molecule has 1 atom stereocenters. The Balaban J connectivity index is 2.22. The molecule has 0 saturated heterocycles. The summed E-state index contributed by atoms with van der Waals surface area (Å²) >= 11 is 1.40. The van der Waals surface area contributed by atoms with Crippen LogP contribution in [0.4, 0.5) is 0 Å². The van der Waals surface area contributed by atoms with Crippen LogP contribution in [0.15, 0.2) is 29.9 Å². The normalized spacial score (nSPS) is 12.7. The van der Waals surface area contributed by atoms with Crippen molar-refractivity contribution in [2.24, 2.45) is 12.8 Å². The molecule has 0 fully saturated rings. The Kier molecular flexibility index (Phi) is 2.66. The highest BCUT2D eigenvalue weighted by atomic mass is 32.1. The summed E-state index contributed by atoms with van der Waals surface area (Å²) in [6.45, 7) is 0. The van der Waals surface area contributed by atoms with E-state index in [0.29, 0.717) is 4.88 Å². The van der Waals surface area contributed by atoms with E-state index in [-0.39, 0.29) is 5.78 Å². The third-order valence-corrected chi connectivity index (χ3v) is 3.01. The first-order valence-electron chi connectivity index (χ1n) is 4.50. The van der Waals surface area contributed by atoms with Crippen molar-refractivity contribution in [3.63, 3.8) is 0 Å². The molecule has 0 spiro atoms. The summed E-state index contributed by atoms with van der Waals surface area (Å²) in [5.41, 5.74) is 6.59. The molecule has 0 radical (unpaired) electrons. The number of rotatable bonds is 3. The number of nitrogens with zero attached hydrogens (tertiary/aromatic N) is 2. The van der Waals surface area contributed by atoms with Gasteiger partial charge in [-0.3, -0.25) is 9.48 Å². The van der Waals surface area contributed by atoms with Gasteiger partial charge >= 0.3 is 0 Å². The summed E-state index contributed by atoms with van der Waals surface area (Å²) in [6, 6.07) is 3.01. The van der Waals surface area contributed by atoms with Crippen LogP contribution in [0.1, 0.15) is 21.3 Å². The second-order valence-corrected chi connectivity index (χ2v) is 4.21. The third kappa shape index (κ3) is 1.98. The molecule has 1 unspecified atom stereocenters. The zero-order chi connectivity index (χ0) is 10.8.